The first-order valence-electron chi connectivity index (χ1n) is 8.60. The van der Waals surface area contributed by atoms with Crippen molar-refractivity contribution < 1.29 is 19.4 Å². The van der Waals surface area contributed by atoms with Gasteiger partial charge in [0.1, 0.15) is 6.04 Å². The fourth-order valence-electron chi connectivity index (χ4n) is 3.48. The minimum atomic E-state index is -0.840. The number of carboxylic acid groups (broad SMARTS) is 1. The van der Waals surface area contributed by atoms with Crippen molar-refractivity contribution in [3.8, 4) is 11.5 Å². The normalized spacial score (nSPS) is 18.8. The zero-order valence-corrected chi connectivity index (χ0v) is 15.4. The van der Waals surface area contributed by atoms with Crippen molar-refractivity contribution in [1.29, 1.82) is 0 Å². The summed E-state index contributed by atoms with van der Waals surface area (Å²) in [7, 11) is 0. The summed E-state index contributed by atoms with van der Waals surface area (Å²) in [5.41, 5.74) is 1.82. The molecule has 3 heterocycles. The molecule has 0 spiro atoms. The summed E-state index contributed by atoms with van der Waals surface area (Å²) in [6, 6.07) is 4.71. The average molecular weight is 375 g/mol. The highest BCUT2D eigenvalue weighted by molar-refractivity contribution is 7.09. The third-order valence-electron chi connectivity index (χ3n) is 4.77. The van der Waals surface area contributed by atoms with E-state index in [1.807, 2.05) is 17.9 Å². The highest BCUT2D eigenvalue weighted by Crippen LogP contribution is 2.35. The Kier molecular flexibility index (Phi) is 4.80. The van der Waals surface area contributed by atoms with E-state index in [0.29, 0.717) is 24.6 Å². The van der Waals surface area contributed by atoms with E-state index in [1.165, 1.54) is 0 Å². The molecule has 26 heavy (non-hydrogen) atoms. The van der Waals surface area contributed by atoms with Crippen LogP contribution in [0.25, 0.3) is 0 Å². The Balaban J connectivity index is 1.43. The summed E-state index contributed by atoms with van der Waals surface area (Å²) >= 11 is 1.66. The van der Waals surface area contributed by atoms with Gasteiger partial charge in [-0.1, -0.05) is 6.07 Å². The van der Waals surface area contributed by atoms with Gasteiger partial charge < -0.3 is 14.6 Å². The minimum Gasteiger partial charge on any atom is -0.480 e. The molecule has 2 aliphatic rings. The summed E-state index contributed by atoms with van der Waals surface area (Å²) < 4.78 is 10.7. The molecule has 1 aromatic heterocycles. The average Bonchev–Trinajstić information content (AvgIpc) is 3.24. The molecule has 0 aliphatic carbocycles. The number of nitrogens with zero attached hydrogens (tertiary/aromatic N) is 3. The molecule has 138 valence electrons. The van der Waals surface area contributed by atoms with Crippen LogP contribution in [0.3, 0.4) is 0 Å². The summed E-state index contributed by atoms with van der Waals surface area (Å²) in [5.74, 6) is 0.444. The molecule has 0 radical (unpaired) electrons. The van der Waals surface area contributed by atoms with Gasteiger partial charge in [0.2, 0.25) is 6.79 Å². The third kappa shape index (κ3) is 3.53. The van der Waals surface area contributed by atoms with E-state index in [-0.39, 0.29) is 6.79 Å². The molecule has 2 aliphatic heterocycles. The van der Waals surface area contributed by atoms with E-state index < -0.39 is 12.0 Å². The highest BCUT2D eigenvalue weighted by atomic mass is 32.1. The Morgan fingerprint density at radius 1 is 1.27 bits per heavy atom. The van der Waals surface area contributed by atoms with Crippen LogP contribution in [0.1, 0.15) is 22.3 Å². The van der Waals surface area contributed by atoms with Crippen LogP contribution in [0.2, 0.25) is 0 Å². The smallest absolute Gasteiger partial charge is 0.325 e. The van der Waals surface area contributed by atoms with Crippen molar-refractivity contribution in [2.75, 3.05) is 33.0 Å². The molecule has 7 nitrogen and oxygen atoms in total. The molecule has 1 saturated heterocycles. The number of thiazole rings is 1. The molecule has 0 bridgehead atoms. The van der Waals surface area contributed by atoms with E-state index in [9.17, 15) is 9.90 Å². The molecule has 8 heteroatoms. The standard InChI is InChI=1S/C18H21N3O4S/c1-12-19-14(10-26-12)9-20-4-6-21(7-5-20)17(18(22)23)13-2-3-15-16(8-13)25-11-24-15/h2-3,8,10,17H,4-7,9,11H2,1H3,(H,22,23)/t17-/m0/s1. The van der Waals surface area contributed by atoms with Crippen molar-refractivity contribution >= 4 is 17.3 Å². The Labute approximate surface area is 155 Å². The maximum atomic E-state index is 11.9. The van der Waals surface area contributed by atoms with Crippen molar-refractivity contribution in [2.45, 2.75) is 19.5 Å². The molecule has 1 aromatic carbocycles. The topological polar surface area (TPSA) is 75.1 Å². The van der Waals surface area contributed by atoms with Crippen molar-refractivity contribution in [1.82, 2.24) is 14.8 Å². The van der Waals surface area contributed by atoms with Gasteiger partial charge in [-0.15, -0.1) is 11.3 Å². The number of aryl methyl sites for hydroxylation is 1. The van der Waals surface area contributed by atoms with Gasteiger partial charge in [0.05, 0.1) is 10.7 Å². The monoisotopic (exact) mass is 375 g/mol. The molecular formula is C18H21N3O4S. The SMILES string of the molecule is Cc1nc(CN2CCN([C@H](C(=O)O)c3ccc4c(c3)OCO4)CC2)cs1. The van der Waals surface area contributed by atoms with Crippen molar-refractivity contribution in [2.24, 2.45) is 0 Å². The van der Waals surface area contributed by atoms with Gasteiger partial charge in [-0.2, -0.15) is 0 Å². The number of benzene rings is 1. The van der Waals surface area contributed by atoms with Crippen LogP contribution in [0.4, 0.5) is 0 Å². The fourth-order valence-corrected chi connectivity index (χ4v) is 4.09. The Morgan fingerprint density at radius 2 is 2.04 bits per heavy atom. The predicted octanol–water partition coefficient (Wildman–Crippen LogP) is 2.12. The van der Waals surface area contributed by atoms with Crippen molar-refractivity contribution in [3.63, 3.8) is 0 Å². The first kappa shape index (κ1) is 17.3. The maximum absolute atomic E-state index is 11.9. The van der Waals surface area contributed by atoms with E-state index in [2.05, 4.69) is 15.3 Å². The van der Waals surface area contributed by atoms with Gasteiger partial charge in [-0.05, 0) is 24.6 Å². The molecule has 1 atom stereocenters. The lowest BCUT2D eigenvalue weighted by Gasteiger charge is -2.37. The van der Waals surface area contributed by atoms with Gasteiger partial charge in [0.15, 0.2) is 11.5 Å². The first-order valence-corrected chi connectivity index (χ1v) is 9.48. The van der Waals surface area contributed by atoms with Gasteiger partial charge >= 0.3 is 5.97 Å². The lowest BCUT2D eigenvalue weighted by molar-refractivity contribution is -0.144. The largest absolute Gasteiger partial charge is 0.480 e. The third-order valence-corrected chi connectivity index (χ3v) is 5.59. The fraction of sp³-hybridized carbons (Fsp3) is 0.444. The Morgan fingerprint density at radius 3 is 2.73 bits per heavy atom. The predicted molar refractivity (Wildman–Crippen MR) is 96.6 cm³/mol. The van der Waals surface area contributed by atoms with E-state index in [1.54, 1.807) is 23.5 Å². The molecular weight excluding hydrogens is 354 g/mol. The lowest BCUT2D eigenvalue weighted by atomic mass is 10.0. The van der Waals surface area contributed by atoms with Crippen molar-refractivity contribution in [3.05, 3.63) is 39.8 Å². The number of ether oxygens (including phenoxy) is 2. The van der Waals surface area contributed by atoms with Gasteiger partial charge in [-0.25, -0.2) is 4.98 Å². The minimum absolute atomic E-state index is 0.186. The number of carbonyl (C=O) groups is 1. The maximum Gasteiger partial charge on any atom is 0.325 e. The molecule has 1 N–H and O–H groups in total. The van der Waals surface area contributed by atoms with Crippen LogP contribution in [-0.2, 0) is 11.3 Å². The zero-order valence-electron chi connectivity index (χ0n) is 14.6. The molecule has 4 rings (SSSR count). The van der Waals surface area contributed by atoms with Gasteiger partial charge in [0.25, 0.3) is 0 Å². The number of carboxylic acids is 1. The van der Waals surface area contributed by atoms with Gasteiger partial charge in [-0.3, -0.25) is 14.6 Å². The Bertz CT molecular complexity index is 801. The molecule has 1 fully saturated rings. The number of aromatic nitrogens is 1. The second-order valence-corrected chi connectivity index (χ2v) is 7.59. The molecule has 0 saturated carbocycles. The summed E-state index contributed by atoms with van der Waals surface area (Å²) in [6.07, 6.45) is 0. The van der Waals surface area contributed by atoms with E-state index in [4.69, 9.17) is 9.47 Å². The van der Waals surface area contributed by atoms with Crippen LogP contribution in [0.5, 0.6) is 11.5 Å². The number of aliphatic carboxylic acids is 1. The summed E-state index contributed by atoms with van der Waals surface area (Å²) in [5, 5.41) is 13.0. The van der Waals surface area contributed by atoms with Crippen LogP contribution in [-0.4, -0.2) is 58.8 Å². The number of piperazine rings is 1. The number of hydrogen-bond donors (Lipinski definition) is 1. The first-order chi connectivity index (χ1) is 12.6. The van der Waals surface area contributed by atoms with Crippen LogP contribution in [0.15, 0.2) is 23.6 Å². The molecule has 2 aromatic rings. The molecule has 0 amide bonds. The zero-order chi connectivity index (χ0) is 18.1. The number of rotatable bonds is 5. The van der Waals surface area contributed by atoms with Crippen LogP contribution < -0.4 is 9.47 Å². The number of fused-ring (bicyclic) bond motifs is 1. The van der Waals surface area contributed by atoms with E-state index in [0.717, 1.165) is 35.9 Å². The summed E-state index contributed by atoms with van der Waals surface area (Å²) in [4.78, 5) is 20.8. The number of hydrogen-bond acceptors (Lipinski definition) is 7. The van der Waals surface area contributed by atoms with Crippen LogP contribution >= 0.6 is 11.3 Å². The summed E-state index contributed by atoms with van der Waals surface area (Å²) in [6.45, 7) is 6.07. The second-order valence-electron chi connectivity index (χ2n) is 6.52. The van der Waals surface area contributed by atoms with Crippen LogP contribution in [0, 0.1) is 6.92 Å². The Hall–Kier alpha value is -2.16. The quantitative estimate of drug-likeness (QED) is 0.858. The van der Waals surface area contributed by atoms with E-state index >= 15 is 0 Å². The second kappa shape index (κ2) is 7.22. The van der Waals surface area contributed by atoms with Gasteiger partial charge in [0, 0.05) is 38.1 Å². The lowest BCUT2D eigenvalue weighted by Crippen LogP contribution is -2.48. The molecule has 0 unspecified atom stereocenters. The highest BCUT2D eigenvalue weighted by Gasteiger charge is 2.31.